The molecule has 1 unspecified atom stereocenters. The molecule has 0 radical (unpaired) electrons. The lowest BCUT2D eigenvalue weighted by Gasteiger charge is -2.19. The van der Waals surface area contributed by atoms with Crippen molar-refractivity contribution in [3.8, 4) is 22.6 Å². The smallest absolute Gasteiger partial charge is 0.0977 e. The van der Waals surface area contributed by atoms with Crippen LogP contribution in [0.15, 0.2) is 61.1 Å². The van der Waals surface area contributed by atoms with Crippen LogP contribution >= 0.6 is 0 Å². The molecule has 0 saturated carbocycles. The maximum atomic E-state index is 6.17. The van der Waals surface area contributed by atoms with Crippen LogP contribution in [0.1, 0.15) is 30.5 Å². The van der Waals surface area contributed by atoms with E-state index in [4.69, 9.17) is 5.73 Å². The number of hydrogen-bond donors (Lipinski definition) is 2. The van der Waals surface area contributed by atoms with E-state index in [9.17, 15) is 0 Å². The Morgan fingerprint density at radius 1 is 1.07 bits per heavy atom. The van der Waals surface area contributed by atoms with E-state index >= 15 is 0 Å². The van der Waals surface area contributed by atoms with Gasteiger partial charge in [0.05, 0.1) is 28.9 Å². The largest absolute Gasteiger partial charge is 0.343 e. The minimum Gasteiger partial charge on any atom is -0.343 e. The molecule has 4 aromatic rings. The van der Waals surface area contributed by atoms with Gasteiger partial charge in [0.25, 0.3) is 0 Å². The lowest BCUT2D eigenvalue weighted by atomic mass is 9.91. The SMILES string of the molecule is Cc1cccc(-c2[nH]cnc2-c2ccc3ncc(C4=CCCC(N)C4)cc3c2)n1. The van der Waals surface area contributed by atoms with Crippen LogP contribution in [0.5, 0.6) is 0 Å². The van der Waals surface area contributed by atoms with Gasteiger partial charge in [-0.2, -0.15) is 0 Å². The van der Waals surface area contributed by atoms with Crippen molar-refractivity contribution in [1.82, 2.24) is 19.9 Å². The van der Waals surface area contributed by atoms with Gasteiger partial charge in [-0.3, -0.25) is 9.97 Å². The van der Waals surface area contributed by atoms with Crippen molar-refractivity contribution in [2.24, 2.45) is 5.73 Å². The van der Waals surface area contributed by atoms with Crippen LogP contribution in [0, 0.1) is 6.92 Å². The van der Waals surface area contributed by atoms with Crippen molar-refractivity contribution in [3.05, 3.63) is 72.3 Å². The Morgan fingerprint density at radius 3 is 2.83 bits per heavy atom. The quantitative estimate of drug-likeness (QED) is 0.529. The van der Waals surface area contributed by atoms with E-state index in [0.717, 1.165) is 64.1 Å². The van der Waals surface area contributed by atoms with E-state index in [1.807, 2.05) is 31.3 Å². The van der Waals surface area contributed by atoms with Crippen LogP contribution in [0.25, 0.3) is 39.1 Å². The van der Waals surface area contributed by atoms with Gasteiger partial charge in [-0.15, -0.1) is 0 Å². The molecule has 0 aliphatic heterocycles. The van der Waals surface area contributed by atoms with Crippen molar-refractivity contribution in [2.45, 2.75) is 32.2 Å². The van der Waals surface area contributed by atoms with Crippen LogP contribution in [0.3, 0.4) is 0 Å². The number of benzene rings is 1. The average molecular weight is 381 g/mol. The standard InChI is InChI=1S/C24H23N5/c1-15-4-2-7-22(29-15)24-23(27-14-28-24)17-8-9-21-18(10-17)11-19(13-26-21)16-5-3-6-20(25)12-16/h2,4-5,7-11,13-14,20H,3,6,12,25H2,1H3,(H,27,28). The summed E-state index contributed by atoms with van der Waals surface area (Å²) in [6.07, 6.45) is 8.99. The fourth-order valence-electron chi connectivity index (χ4n) is 4.02. The third-order valence-electron chi connectivity index (χ3n) is 5.52. The van der Waals surface area contributed by atoms with Crippen molar-refractivity contribution >= 4 is 16.5 Å². The average Bonchev–Trinajstić information content (AvgIpc) is 3.23. The molecule has 5 rings (SSSR count). The number of nitrogens with zero attached hydrogens (tertiary/aromatic N) is 3. The third-order valence-corrected chi connectivity index (χ3v) is 5.52. The predicted octanol–water partition coefficient (Wildman–Crippen LogP) is 4.89. The summed E-state index contributed by atoms with van der Waals surface area (Å²) in [6.45, 7) is 1.99. The van der Waals surface area contributed by atoms with Crippen molar-refractivity contribution in [1.29, 1.82) is 0 Å². The number of aryl methyl sites for hydroxylation is 1. The van der Waals surface area contributed by atoms with Gasteiger partial charge in [0, 0.05) is 28.9 Å². The molecule has 1 aliphatic rings. The summed E-state index contributed by atoms with van der Waals surface area (Å²) in [5.41, 5.74) is 14.3. The zero-order valence-corrected chi connectivity index (χ0v) is 16.4. The Labute approximate surface area is 169 Å². The van der Waals surface area contributed by atoms with Gasteiger partial charge in [-0.25, -0.2) is 4.98 Å². The van der Waals surface area contributed by atoms with Gasteiger partial charge in [-0.1, -0.05) is 18.2 Å². The van der Waals surface area contributed by atoms with Gasteiger partial charge in [0.2, 0.25) is 0 Å². The van der Waals surface area contributed by atoms with E-state index in [1.165, 1.54) is 5.57 Å². The molecule has 1 atom stereocenters. The second-order valence-corrected chi connectivity index (χ2v) is 7.69. The summed E-state index contributed by atoms with van der Waals surface area (Å²) in [5.74, 6) is 0. The highest BCUT2D eigenvalue weighted by Gasteiger charge is 2.15. The summed E-state index contributed by atoms with van der Waals surface area (Å²) in [4.78, 5) is 17.1. The predicted molar refractivity (Wildman–Crippen MR) is 117 cm³/mol. The minimum atomic E-state index is 0.241. The number of nitrogens with one attached hydrogen (secondary N) is 1. The second kappa shape index (κ2) is 7.26. The molecule has 5 heteroatoms. The fourth-order valence-corrected chi connectivity index (χ4v) is 4.02. The molecule has 0 saturated heterocycles. The number of nitrogens with two attached hydrogens (primary N) is 1. The van der Waals surface area contributed by atoms with Crippen LogP contribution in [0.4, 0.5) is 0 Å². The number of aromatic amines is 1. The molecule has 3 N–H and O–H groups in total. The lowest BCUT2D eigenvalue weighted by Crippen LogP contribution is -2.22. The number of aromatic nitrogens is 4. The molecule has 0 bridgehead atoms. The second-order valence-electron chi connectivity index (χ2n) is 7.69. The Kier molecular flexibility index (Phi) is 4.45. The van der Waals surface area contributed by atoms with Gasteiger partial charge in [0.1, 0.15) is 0 Å². The first kappa shape index (κ1) is 17.8. The highest BCUT2D eigenvalue weighted by atomic mass is 14.9. The molecule has 1 aromatic carbocycles. The number of H-pyrrole nitrogens is 1. The topological polar surface area (TPSA) is 80.5 Å². The molecule has 0 fully saturated rings. The van der Waals surface area contributed by atoms with Gasteiger partial charge >= 0.3 is 0 Å². The third kappa shape index (κ3) is 3.45. The summed E-state index contributed by atoms with van der Waals surface area (Å²) in [6, 6.07) is 14.8. The zero-order chi connectivity index (χ0) is 19.8. The van der Waals surface area contributed by atoms with Crippen LogP contribution < -0.4 is 5.73 Å². The van der Waals surface area contributed by atoms with Gasteiger partial charge in [-0.05, 0) is 67.7 Å². The van der Waals surface area contributed by atoms with Crippen molar-refractivity contribution < 1.29 is 0 Å². The zero-order valence-electron chi connectivity index (χ0n) is 16.4. The Bertz CT molecular complexity index is 1220. The first-order valence-corrected chi connectivity index (χ1v) is 10.00. The Hall–Kier alpha value is -3.31. The Balaban J connectivity index is 1.57. The van der Waals surface area contributed by atoms with Crippen LogP contribution in [-0.2, 0) is 0 Å². The van der Waals surface area contributed by atoms with Crippen LogP contribution in [-0.4, -0.2) is 26.0 Å². The molecule has 144 valence electrons. The van der Waals surface area contributed by atoms with E-state index in [2.05, 4.69) is 50.3 Å². The van der Waals surface area contributed by atoms with E-state index in [0.29, 0.717) is 0 Å². The maximum absolute atomic E-state index is 6.17. The number of pyridine rings is 2. The summed E-state index contributed by atoms with van der Waals surface area (Å²) >= 11 is 0. The van der Waals surface area contributed by atoms with E-state index < -0.39 is 0 Å². The molecule has 3 aromatic heterocycles. The molecule has 5 nitrogen and oxygen atoms in total. The first-order valence-electron chi connectivity index (χ1n) is 10.00. The van der Waals surface area contributed by atoms with Crippen LogP contribution in [0.2, 0.25) is 0 Å². The first-order chi connectivity index (χ1) is 14.2. The van der Waals surface area contributed by atoms with E-state index in [-0.39, 0.29) is 6.04 Å². The van der Waals surface area contributed by atoms with Crippen molar-refractivity contribution in [2.75, 3.05) is 0 Å². The van der Waals surface area contributed by atoms with Gasteiger partial charge < -0.3 is 10.7 Å². The fraction of sp³-hybridized carbons (Fsp3) is 0.208. The van der Waals surface area contributed by atoms with E-state index in [1.54, 1.807) is 6.33 Å². The number of hydrogen-bond acceptors (Lipinski definition) is 4. The molecular weight excluding hydrogens is 358 g/mol. The monoisotopic (exact) mass is 381 g/mol. The summed E-state index contributed by atoms with van der Waals surface area (Å²) in [7, 11) is 0. The molecule has 0 amide bonds. The number of imidazole rings is 1. The number of allylic oxidation sites excluding steroid dienone is 1. The molecule has 0 spiro atoms. The molecular formula is C24H23N5. The highest BCUT2D eigenvalue weighted by molar-refractivity contribution is 5.88. The summed E-state index contributed by atoms with van der Waals surface area (Å²) in [5, 5.41) is 1.10. The molecule has 3 heterocycles. The maximum Gasteiger partial charge on any atom is 0.0977 e. The molecule has 29 heavy (non-hydrogen) atoms. The lowest BCUT2D eigenvalue weighted by molar-refractivity contribution is 0.616. The number of fused-ring (bicyclic) bond motifs is 1. The Morgan fingerprint density at radius 2 is 1.97 bits per heavy atom. The number of rotatable bonds is 3. The minimum absolute atomic E-state index is 0.241. The van der Waals surface area contributed by atoms with Gasteiger partial charge in [0.15, 0.2) is 0 Å². The normalized spacial score (nSPS) is 16.8. The highest BCUT2D eigenvalue weighted by Crippen LogP contribution is 2.32. The van der Waals surface area contributed by atoms with Crippen molar-refractivity contribution in [3.63, 3.8) is 0 Å². The summed E-state index contributed by atoms with van der Waals surface area (Å²) < 4.78 is 0. The molecule has 1 aliphatic carbocycles.